The molecule has 2 unspecified atom stereocenters. The molecule has 40 heavy (non-hydrogen) atoms. The number of nitrogens with one attached hydrogen (secondary N) is 1. The number of nitrogens with zero attached hydrogens (tertiary/aromatic N) is 5. The van der Waals surface area contributed by atoms with Crippen molar-refractivity contribution in [2.75, 3.05) is 27.4 Å². The Morgan fingerprint density at radius 3 is 2.77 bits per heavy atom. The summed E-state index contributed by atoms with van der Waals surface area (Å²) in [6, 6.07) is 11.6. The molecule has 1 aromatic carbocycles. The Labute approximate surface area is 234 Å². The van der Waals surface area contributed by atoms with Gasteiger partial charge < -0.3 is 28.8 Å². The molecule has 4 aromatic rings. The lowest BCUT2D eigenvalue weighted by Gasteiger charge is -2.30. The van der Waals surface area contributed by atoms with Crippen LogP contribution in [0.15, 0.2) is 58.5 Å². The Bertz CT molecular complexity index is 1400. The minimum Gasteiger partial charge on any atom is -0.493 e. The first kappa shape index (κ1) is 27.3. The molecule has 0 radical (unpaired) electrons. The third-order valence-corrected chi connectivity index (χ3v) is 7.42. The zero-order valence-corrected chi connectivity index (χ0v) is 23.0. The summed E-state index contributed by atoms with van der Waals surface area (Å²) >= 11 is 1.40. The largest absolute Gasteiger partial charge is 0.493 e. The Kier molecular flexibility index (Phi) is 8.71. The van der Waals surface area contributed by atoms with Gasteiger partial charge in [0.1, 0.15) is 18.3 Å². The molecule has 2 atom stereocenters. The van der Waals surface area contributed by atoms with Crippen LogP contribution in [0.1, 0.15) is 29.5 Å². The summed E-state index contributed by atoms with van der Waals surface area (Å²) in [5.74, 6) is 1.27. The van der Waals surface area contributed by atoms with Crippen LogP contribution in [0.2, 0.25) is 0 Å². The third-order valence-electron chi connectivity index (χ3n) is 6.50. The molecule has 2 amide bonds. The number of carbonyl (C=O) groups is 2. The van der Waals surface area contributed by atoms with Crippen molar-refractivity contribution in [2.45, 2.75) is 38.1 Å². The van der Waals surface area contributed by atoms with Gasteiger partial charge in [-0.1, -0.05) is 6.07 Å². The van der Waals surface area contributed by atoms with Gasteiger partial charge in [0.25, 0.3) is 0 Å². The number of hydrogen-bond donors (Lipinski definition) is 1. The highest BCUT2D eigenvalue weighted by atomic mass is 32.1. The second kappa shape index (κ2) is 12.7. The minimum absolute atomic E-state index is 0.0310. The van der Waals surface area contributed by atoms with Gasteiger partial charge in [0.05, 0.1) is 33.1 Å². The first-order valence-corrected chi connectivity index (χ1v) is 13.7. The maximum Gasteiger partial charge on any atom is 0.248 e. The Morgan fingerprint density at radius 1 is 1.20 bits per heavy atom. The zero-order chi connectivity index (χ0) is 27.9. The second-order valence-electron chi connectivity index (χ2n) is 9.11. The number of rotatable bonds is 12. The van der Waals surface area contributed by atoms with Crippen LogP contribution in [-0.2, 0) is 27.4 Å². The van der Waals surface area contributed by atoms with E-state index in [2.05, 4.69) is 20.7 Å². The highest BCUT2D eigenvalue weighted by molar-refractivity contribution is 7.10. The van der Waals surface area contributed by atoms with Crippen LogP contribution in [0.25, 0.3) is 11.4 Å². The molecule has 0 bridgehead atoms. The van der Waals surface area contributed by atoms with Crippen molar-refractivity contribution in [3.05, 3.63) is 64.7 Å². The fourth-order valence-corrected chi connectivity index (χ4v) is 5.33. The van der Waals surface area contributed by atoms with Crippen LogP contribution in [0.5, 0.6) is 11.5 Å². The topological polar surface area (TPSA) is 134 Å². The molecule has 13 heteroatoms. The van der Waals surface area contributed by atoms with Crippen LogP contribution in [0.3, 0.4) is 0 Å². The standard InChI is InChI=1S/C27H30N6O6S/c1-36-21-10-9-18(14-22(21)37-2)26-29-31-33(30-26)17-24(34)32(16-20-7-4-12-39-20)25(23-8-5-13-40-23)27(35)28-15-19-6-3-11-38-19/h4-5,7-10,12-14,19,25H,3,6,11,15-17H2,1-2H3,(H,28,35). The van der Waals surface area contributed by atoms with Crippen LogP contribution >= 0.6 is 11.3 Å². The number of thiophene rings is 1. The van der Waals surface area contributed by atoms with E-state index in [-0.39, 0.29) is 31.0 Å². The van der Waals surface area contributed by atoms with Crippen molar-refractivity contribution in [2.24, 2.45) is 0 Å². The molecule has 1 fully saturated rings. The predicted molar refractivity (Wildman–Crippen MR) is 145 cm³/mol. The minimum atomic E-state index is -0.882. The van der Waals surface area contributed by atoms with Gasteiger partial charge in [0.15, 0.2) is 11.5 Å². The summed E-state index contributed by atoms with van der Waals surface area (Å²) in [6.07, 6.45) is 3.36. The zero-order valence-electron chi connectivity index (χ0n) is 22.2. The fraction of sp³-hybridized carbons (Fsp3) is 0.370. The first-order valence-electron chi connectivity index (χ1n) is 12.8. The molecule has 1 aliphatic rings. The molecule has 0 saturated carbocycles. The van der Waals surface area contributed by atoms with Crippen molar-refractivity contribution in [3.63, 3.8) is 0 Å². The predicted octanol–water partition coefficient (Wildman–Crippen LogP) is 3.08. The SMILES string of the molecule is COc1ccc(-c2nnn(CC(=O)N(Cc3ccco3)C(C(=O)NCC3CCCO3)c3cccs3)n2)cc1OC. The normalized spacial score (nSPS) is 15.5. The average molecular weight is 567 g/mol. The molecule has 3 aromatic heterocycles. The molecule has 4 heterocycles. The maximum atomic E-state index is 13.8. The van der Waals surface area contributed by atoms with Crippen molar-refractivity contribution in [3.8, 4) is 22.9 Å². The maximum absolute atomic E-state index is 13.8. The highest BCUT2D eigenvalue weighted by Crippen LogP contribution is 2.31. The molecular weight excluding hydrogens is 536 g/mol. The van der Waals surface area contributed by atoms with Crippen LogP contribution in [-0.4, -0.2) is 70.4 Å². The van der Waals surface area contributed by atoms with Crippen molar-refractivity contribution >= 4 is 23.2 Å². The van der Waals surface area contributed by atoms with Gasteiger partial charge in [0, 0.05) is 23.6 Å². The fourth-order valence-electron chi connectivity index (χ4n) is 4.49. The Balaban J connectivity index is 1.38. The van der Waals surface area contributed by atoms with E-state index in [1.165, 1.54) is 27.3 Å². The lowest BCUT2D eigenvalue weighted by molar-refractivity contribution is -0.142. The first-order chi connectivity index (χ1) is 19.6. The quantitative estimate of drug-likeness (QED) is 0.275. The number of ether oxygens (including phenoxy) is 3. The van der Waals surface area contributed by atoms with Crippen LogP contribution in [0.4, 0.5) is 0 Å². The van der Waals surface area contributed by atoms with Gasteiger partial charge in [-0.15, -0.1) is 21.5 Å². The van der Waals surface area contributed by atoms with Crippen molar-refractivity contribution in [1.29, 1.82) is 0 Å². The molecule has 0 spiro atoms. The van der Waals surface area contributed by atoms with E-state index in [9.17, 15) is 9.59 Å². The molecule has 12 nitrogen and oxygen atoms in total. The van der Waals surface area contributed by atoms with Crippen molar-refractivity contribution in [1.82, 2.24) is 30.4 Å². The van der Waals surface area contributed by atoms with E-state index in [0.717, 1.165) is 17.7 Å². The molecule has 1 aliphatic heterocycles. The second-order valence-corrected chi connectivity index (χ2v) is 10.1. The van der Waals surface area contributed by atoms with Gasteiger partial charge in [0.2, 0.25) is 17.6 Å². The summed E-state index contributed by atoms with van der Waals surface area (Å²) in [4.78, 5) is 30.8. The molecule has 210 valence electrons. The number of furan rings is 1. The highest BCUT2D eigenvalue weighted by Gasteiger charge is 2.34. The van der Waals surface area contributed by atoms with E-state index < -0.39 is 6.04 Å². The summed E-state index contributed by atoms with van der Waals surface area (Å²) in [5, 5.41) is 17.5. The number of hydrogen-bond acceptors (Lipinski definition) is 10. The number of aromatic nitrogens is 4. The van der Waals surface area contributed by atoms with E-state index in [1.807, 2.05) is 17.5 Å². The monoisotopic (exact) mass is 566 g/mol. The summed E-state index contributed by atoms with van der Waals surface area (Å²) in [7, 11) is 3.09. The smallest absolute Gasteiger partial charge is 0.248 e. The average Bonchev–Trinajstić information content (AvgIpc) is 3.80. The number of methoxy groups -OCH3 is 2. The molecule has 1 N–H and O–H groups in total. The third kappa shape index (κ3) is 6.32. The molecule has 1 saturated heterocycles. The summed E-state index contributed by atoms with van der Waals surface area (Å²) < 4.78 is 21.9. The van der Waals surface area contributed by atoms with Gasteiger partial charge in [-0.3, -0.25) is 9.59 Å². The van der Waals surface area contributed by atoms with E-state index in [4.69, 9.17) is 18.6 Å². The number of carbonyl (C=O) groups excluding carboxylic acids is 2. The van der Waals surface area contributed by atoms with Crippen molar-refractivity contribution < 1.29 is 28.2 Å². The number of benzene rings is 1. The lowest BCUT2D eigenvalue weighted by Crippen LogP contribution is -2.45. The molecule has 0 aliphatic carbocycles. The van der Waals surface area contributed by atoms with Gasteiger partial charge in [-0.05, 0) is 59.8 Å². The van der Waals surface area contributed by atoms with Gasteiger partial charge in [-0.25, -0.2) is 0 Å². The number of tetrazole rings is 1. The van der Waals surface area contributed by atoms with Gasteiger partial charge >= 0.3 is 0 Å². The summed E-state index contributed by atoms with van der Waals surface area (Å²) in [5.41, 5.74) is 0.647. The molecular formula is C27H30N6O6S. The Hall–Kier alpha value is -4.23. The number of amides is 2. The summed E-state index contributed by atoms with van der Waals surface area (Å²) in [6.45, 7) is 0.915. The van der Waals surface area contributed by atoms with E-state index in [0.29, 0.717) is 41.8 Å². The van der Waals surface area contributed by atoms with E-state index >= 15 is 0 Å². The van der Waals surface area contributed by atoms with Crippen LogP contribution < -0.4 is 14.8 Å². The van der Waals surface area contributed by atoms with Gasteiger partial charge in [-0.2, -0.15) is 4.80 Å². The van der Waals surface area contributed by atoms with Crippen LogP contribution in [0, 0.1) is 0 Å². The lowest BCUT2D eigenvalue weighted by atomic mass is 10.1. The Morgan fingerprint density at radius 2 is 2.08 bits per heavy atom. The molecule has 5 rings (SSSR count). The van der Waals surface area contributed by atoms with E-state index in [1.54, 1.807) is 44.6 Å².